The molecule has 0 amide bonds. The van der Waals surface area contributed by atoms with Crippen molar-refractivity contribution in [2.45, 2.75) is 50.2 Å². The van der Waals surface area contributed by atoms with E-state index in [0.717, 1.165) is 18.4 Å². The number of hydrogen-bond donors (Lipinski definition) is 0. The van der Waals surface area contributed by atoms with Gasteiger partial charge in [-0.15, -0.1) is 11.8 Å². The molecule has 6 heteroatoms. The first-order valence-corrected chi connectivity index (χ1v) is 9.92. The smallest absolute Gasteiger partial charge is 0.319 e. The van der Waals surface area contributed by atoms with E-state index in [1.54, 1.807) is 19.1 Å². The highest BCUT2D eigenvalue weighted by Gasteiger charge is 2.25. The number of nitrogens with zero attached hydrogens (tertiary/aromatic N) is 1. The van der Waals surface area contributed by atoms with Crippen LogP contribution in [0.3, 0.4) is 0 Å². The van der Waals surface area contributed by atoms with Crippen molar-refractivity contribution in [3.63, 3.8) is 0 Å². The molecule has 2 aromatic rings. The Hall–Kier alpha value is -2.34. The van der Waals surface area contributed by atoms with Gasteiger partial charge in [0, 0.05) is 6.07 Å². The van der Waals surface area contributed by atoms with Crippen LogP contribution in [0.4, 0.5) is 5.69 Å². The number of carbonyl (C=O) groups excluding carboxylic acids is 1. The van der Waals surface area contributed by atoms with Crippen LogP contribution >= 0.6 is 11.8 Å². The summed E-state index contributed by atoms with van der Waals surface area (Å²) in [7, 11) is 0. The summed E-state index contributed by atoms with van der Waals surface area (Å²) in [6.45, 7) is 5.99. The number of ether oxygens (including phenoxy) is 1. The second-order valence-corrected chi connectivity index (χ2v) is 7.71. The van der Waals surface area contributed by atoms with Crippen LogP contribution in [-0.2, 0) is 16.0 Å². The van der Waals surface area contributed by atoms with Crippen molar-refractivity contribution in [2.75, 3.05) is 6.61 Å². The van der Waals surface area contributed by atoms with Crippen molar-refractivity contribution >= 4 is 23.4 Å². The topological polar surface area (TPSA) is 69.4 Å². The lowest BCUT2D eigenvalue weighted by atomic mass is 10.1. The zero-order valence-electron chi connectivity index (χ0n) is 15.9. The third kappa shape index (κ3) is 6.40. The molecule has 1 atom stereocenters. The van der Waals surface area contributed by atoms with Gasteiger partial charge in [0.1, 0.15) is 5.25 Å². The molecule has 5 nitrogen and oxygen atoms in total. The predicted octanol–water partition coefficient (Wildman–Crippen LogP) is 5.26. The molecule has 0 unspecified atom stereocenters. The summed E-state index contributed by atoms with van der Waals surface area (Å²) < 4.78 is 5.20. The van der Waals surface area contributed by atoms with E-state index in [1.165, 1.54) is 29.0 Å². The minimum absolute atomic E-state index is 0.0263. The van der Waals surface area contributed by atoms with Crippen LogP contribution < -0.4 is 0 Å². The normalized spacial score (nSPS) is 11.8. The lowest BCUT2D eigenvalue weighted by Gasteiger charge is -2.15. The molecule has 0 bridgehead atoms. The molecule has 2 rings (SSSR count). The number of aryl methyl sites for hydroxylation is 3. The Morgan fingerprint density at radius 1 is 1.15 bits per heavy atom. The lowest BCUT2D eigenvalue weighted by molar-refractivity contribution is -0.387. The van der Waals surface area contributed by atoms with Gasteiger partial charge >= 0.3 is 5.97 Å². The van der Waals surface area contributed by atoms with Gasteiger partial charge < -0.3 is 4.74 Å². The summed E-state index contributed by atoms with van der Waals surface area (Å²) in [6.07, 6.45) is 2.26. The number of hydrogen-bond acceptors (Lipinski definition) is 5. The number of thioether (sulfide) groups is 1. The van der Waals surface area contributed by atoms with Gasteiger partial charge in [0.2, 0.25) is 0 Å². The van der Waals surface area contributed by atoms with E-state index in [0.29, 0.717) is 17.9 Å². The van der Waals surface area contributed by atoms with Crippen molar-refractivity contribution in [3.8, 4) is 0 Å². The molecule has 0 spiro atoms. The van der Waals surface area contributed by atoms with Crippen LogP contribution in [0.5, 0.6) is 0 Å². The molecule has 0 radical (unpaired) electrons. The lowest BCUT2D eigenvalue weighted by Crippen LogP contribution is -2.20. The second kappa shape index (κ2) is 10.1. The average molecular weight is 388 g/mol. The molecule has 0 aromatic heterocycles. The van der Waals surface area contributed by atoms with E-state index in [1.807, 2.05) is 13.8 Å². The van der Waals surface area contributed by atoms with Crippen LogP contribution in [0.15, 0.2) is 47.4 Å². The fourth-order valence-corrected chi connectivity index (χ4v) is 4.00. The minimum Gasteiger partial charge on any atom is -0.465 e. The first kappa shape index (κ1) is 21.0. The summed E-state index contributed by atoms with van der Waals surface area (Å²) in [6, 6.07) is 13.3. The van der Waals surface area contributed by atoms with Crippen LogP contribution in [0.25, 0.3) is 0 Å². The van der Waals surface area contributed by atoms with E-state index in [-0.39, 0.29) is 11.7 Å². The van der Waals surface area contributed by atoms with E-state index in [2.05, 4.69) is 24.3 Å². The quantitative estimate of drug-likeness (QED) is 0.254. The van der Waals surface area contributed by atoms with E-state index in [9.17, 15) is 14.9 Å². The largest absolute Gasteiger partial charge is 0.465 e. The minimum atomic E-state index is -0.462. The van der Waals surface area contributed by atoms with Gasteiger partial charge in [-0.1, -0.05) is 35.9 Å². The fourth-order valence-electron chi connectivity index (χ4n) is 2.73. The maximum Gasteiger partial charge on any atom is 0.319 e. The second-order valence-electron chi connectivity index (χ2n) is 6.46. The van der Waals surface area contributed by atoms with E-state index >= 15 is 0 Å². The summed E-state index contributed by atoms with van der Waals surface area (Å²) in [4.78, 5) is 23.8. The molecule has 0 aliphatic rings. The molecule has 2 aromatic carbocycles. The molecule has 0 heterocycles. The van der Waals surface area contributed by atoms with Crippen molar-refractivity contribution in [2.24, 2.45) is 0 Å². The molecule has 0 aliphatic heterocycles. The molecule has 0 aliphatic carbocycles. The maximum absolute atomic E-state index is 12.4. The van der Waals surface area contributed by atoms with Crippen molar-refractivity contribution in [1.82, 2.24) is 0 Å². The predicted molar refractivity (Wildman–Crippen MR) is 108 cm³/mol. The summed E-state index contributed by atoms with van der Waals surface area (Å²) in [5.74, 6) is -0.317. The van der Waals surface area contributed by atoms with Crippen LogP contribution in [0, 0.1) is 24.0 Å². The molecule has 144 valence electrons. The Morgan fingerprint density at radius 3 is 2.44 bits per heavy atom. The van der Waals surface area contributed by atoms with Crippen LogP contribution in [-0.4, -0.2) is 22.7 Å². The number of nitro benzene ring substituents is 1. The Labute approximate surface area is 164 Å². The Kier molecular flexibility index (Phi) is 7.85. The maximum atomic E-state index is 12.4. The van der Waals surface area contributed by atoms with Crippen molar-refractivity contribution in [1.29, 1.82) is 0 Å². The number of nitro groups is 1. The highest BCUT2D eigenvalue weighted by atomic mass is 32.2. The van der Waals surface area contributed by atoms with E-state index < -0.39 is 10.2 Å². The van der Waals surface area contributed by atoms with Crippen molar-refractivity contribution < 1.29 is 14.5 Å². The molecular weight excluding hydrogens is 362 g/mol. The zero-order valence-corrected chi connectivity index (χ0v) is 16.8. The monoisotopic (exact) mass is 387 g/mol. The average Bonchev–Trinajstić information content (AvgIpc) is 2.62. The third-order valence-corrected chi connectivity index (χ3v) is 5.48. The Bertz CT molecular complexity index is 789. The van der Waals surface area contributed by atoms with Crippen molar-refractivity contribution in [3.05, 3.63) is 69.3 Å². The molecule has 0 N–H and O–H groups in total. The molecule has 0 fully saturated rings. The standard InChI is InChI=1S/C21H25NO4S/c1-4-26-21(23)19(7-5-6-17-11-8-15(2)9-12-17)27-20-14-16(3)10-13-18(20)22(24)25/h8-14,19H,4-7H2,1-3H3/t19-/m0/s1. The molecule has 0 saturated carbocycles. The van der Waals surface area contributed by atoms with Gasteiger partial charge in [0.05, 0.1) is 16.4 Å². The molecule has 27 heavy (non-hydrogen) atoms. The fraction of sp³-hybridized carbons (Fsp3) is 0.381. The zero-order chi connectivity index (χ0) is 19.8. The van der Waals surface area contributed by atoms with Gasteiger partial charge in [-0.3, -0.25) is 14.9 Å². The number of benzene rings is 2. The van der Waals surface area contributed by atoms with Gasteiger partial charge in [0.15, 0.2) is 0 Å². The highest BCUT2D eigenvalue weighted by Crippen LogP contribution is 2.35. The Morgan fingerprint density at radius 2 is 1.81 bits per heavy atom. The highest BCUT2D eigenvalue weighted by molar-refractivity contribution is 8.00. The first-order valence-electron chi connectivity index (χ1n) is 9.04. The van der Waals surface area contributed by atoms with Gasteiger partial charge in [-0.05, 0) is 57.2 Å². The number of rotatable bonds is 9. The SMILES string of the molecule is CCOC(=O)[C@H](CCCc1ccc(C)cc1)Sc1cc(C)ccc1[N+](=O)[O-]. The van der Waals surface area contributed by atoms with E-state index in [4.69, 9.17) is 4.74 Å². The molecular formula is C21H25NO4S. The molecule has 0 saturated heterocycles. The van der Waals surface area contributed by atoms with Crippen LogP contribution in [0.2, 0.25) is 0 Å². The Balaban J connectivity index is 2.10. The van der Waals surface area contributed by atoms with Crippen LogP contribution in [0.1, 0.15) is 36.5 Å². The number of carbonyl (C=O) groups is 1. The van der Waals surface area contributed by atoms with Gasteiger partial charge in [-0.2, -0.15) is 0 Å². The van der Waals surface area contributed by atoms with Gasteiger partial charge in [0.25, 0.3) is 5.69 Å². The van der Waals surface area contributed by atoms with Gasteiger partial charge in [-0.25, -0.2) is 0 Å². The summed E-state index contributed by atoms with van der Waals surface area (Å²) in [5, 5.41) is 10.9. The summed E-state index contributed by atoms with van der Waals surface area (Å²) >= 11 is 1.23. The number of esters is 1. The third-order valence-electron chi connectivity index (χ3n) is 4.18. The summed E-state index contributed by atoms with van der Waals surface area (Å²) in [5.41, 5.74) is 3.38. The first-order chi connectivity index (χ1) is 12.9.